The van der Waals surface area contributed by atoms with Gasteiger partial charge in [-0.25, -0.2) is 4.98 Å². The van der Waals surface area contributed by atoms with Crippen LogP contribution in [0.4, 0.5) is 5.13 Å². The van der Waals surface area contributed by atoms with Crippen LogP contribution < -0.4 is 14.4 Å². The third kappa shape index (κ3) is 7.09. The first-order chi connectivity index (χ1) is 16.1. The predicted octanol–water partition coefficient (Wildman–Crippen LogP) is 5.56. The normalized spacial score (nSPS) is 11.2. The van der Waals surface area contributed by atoms with Gasteiger partial charge in [-0.15, -0.1) is 11.8 Å². The smallest absolute Gasteiger partial charge is 0.228 e. The van der Waals surface area contributed by atoms with Crippen molar-refractivity contribution in [3.63, 3.8) is 0 Å². The Morgan fingerprint density at radius 1 is 1.00 bits per heavy atom. The van der Waals surface area contributed by atoms with E-state index in [9.17, 15) is 4.79 Å². The standard InChI is InChI=1S/C25H33N3O3S2/c1-5-27(6-2)15-16-28(25-26-22-14-11-20(31-4)18-23(22)33-25)24(29)8-7-17-32-21-12-9-19(30-3)10-13-21/h9-14,18H,5-8,15-17H2,1-4H3. The molecule has 0 spiro atoms. The molecule has 0 N–H and O–H groups in total. The fourth-order valence-electron chi connectivity index (χ4n) is 3.46. The molecule has 0 bridgehead atoms. The molecule has 2 aromatic carbocycles. The van der Waals surface area contributed by atoms with Crippen LogP contribution in [0, 0.1) is 0 Å². The van der Waals surface area contributed by atoms with E-state index in [2.05, 4.69) is 30.9 Å². The first-order valence-electron chi connectivity index (χ1n) is 11.3. The van der Waals surface area contributed by atoms with Crippen LogP contribution in [-0.2, 0) is 4.79 Å². The maximum Gasteiger partial charge on any atom is 0.228 e. The number of nitrogens with zero attached hydrogens (tertiary/aromatic N) is 3. The van der Waals surface area contributed by atoms with Gasteiger partial charge in [-0.3, -0.25) is 9.69 Å². The highest BCUT2D eigenvalue weighted by Crippen LogP contribution is 2.32. The topological polar surface area (TPSA) is 54.9 Å². The number of hydrogen-bond acceptors (Lipinski definition) is 7. The van der Waals surface area contributed by atoms with Gasteiger partial charge in [0, 0.05) is 24.4 Å². The maximum absolute atomic E-state index is 13.3. The Morgan fingerprint density at radius 3 is 2.36 bits per heavy atom. The third-order valence-electron chi connectivity index (χ3n) is 5.51. The van der Waals surface area contributed by atoms with E-state index < -0.39 is 0 Å². The number of hydrogen-bond donors (Lipinski definition) is 0. The fraction of sp³-hybridized carbons (Fsp3) is 0.440. The van der Waals surface area contributed by atoms with E-state index >= 15 is 0 Å². The molecular formula is C25H33N3O3S2. The number of thiazole rings is 1. The lowest BCUT2D eigenvalue weighted by Gasteiger charge is -2.24. The van der Waals surface area contributed by atoms with Crippen LogP contribution in [0.15, 0.2) is 47.4 Å². The molecule has 0 unspecified atom stereocenters. The summed E-state index contributed by atoms with van der Waals surface area (Å²) in [6.07, 6.45) is 1.32. The fourth-order valence-corrected chi connectivity index (χ4v) is 5.35. The van der Waals surface area contributed by atoms with Gasteiger partial charge in [0.15, 0.2) is 5.13 Å². The molecule has 0 fully saturated rings. The minimum atomic E-state index is 0.128. The van der Waals surface area contributed by atoms with Gasteiger partial charge >= 0.3 is 0 Å². The molecule has 0 aliphatic heterocycles. The lowest BCUT2D eigenvalue weighted by molar-refractivity contribution is -0.118. The number of likely N-dealkylation sites (N-methyl/N-ethyl adjacent to an activating group) is 1. The maximum atomic E-state index is 13.3. The van der Waals surface area contributed by atoms with Gasteiger partial charge in [0.05, 0.1) is 24.4 Å². The highest BCUT2D eigenvalue weighted by molar-refractivity contribution is 7.99. The summed E-state index contributed by atoms with van der Waals surface area (Å²) in [4.78, 5) is 23.4. The number of carbonyl (C=O) groups is 1. The number of aromatic nitrogens is 1. The zero-order valence-corrected chi connectivity index (χ0v) is 21.5. The Kier molecular flexibility index (Phi) is 9.84. The van der Waals surface area contributed by atoms with Gasteiger partial charge < -0.3 is 14.4 Å². The van der Waals surface area contributed by atoms with Crippen molar-refractivity contribution < 1.29 is 14.3 Å². The van der Waals surface area contributed by atoms with Crippen molar-refractivity contribution in [2.75, 3.05) is 51.1 Å². The minimum Gasteiger partial charge on any atom is -0.497 e. The van der Waals surface area contributed by atoms with E-state index in [0.29, 0.717) is 13.0 Å². The monoisotopic (exact) mass is 487 g/mol. The average Bonchev–Trinajstić information content (AvgIpc) is 3.27. The molecule has 0 aliphatic carbocycles. The van der Waals surface area contributed by atoms with Gasteiger partial charge in [-0.1, -0.05) is 25.2 Å². The molecule has 1 amide bonds. The first-order valence-corrected chi connectivity index (χ1v) is 13.1. The molecule has 33 heavy (non-hydrogen) atoms. The van der Waals surface area contributed by atoms with E-state index in [4.69, 9.17) is 14.5 Å². The number of anilines is 1. The molecule has 0 saturated carbocycles. The highest BCUT2D eigenvalue weighted by atomic mass is 32.2. The summed E-state index contributed by atoms with van der Waals surface area (Å²) in [6.45, 7) is 7.70. The largest absolute Gasteiger partial charge is 0.497 e. The molecule has 0 radical (unpaired) electrons. The number of fused-ring (bicyclic) bond motifs is 1. The first kappa shape index (κ1) is 25.3. The summed E-state index contributed by atoms with van der Waals surface area (Å²) < 4.78 is 11.6. The van der Waals surface area contributed by atoms with Crippen molar-refractivity contribution in [3.05, 3.63) is 42.5 Å². The van der Waals surface area contributed by atoms with Crippen LogP contribution in [-0.4, -0.2) is 61.9 Å². The second kappa shape index (κ2) is 12.8. The Hall–Kier alpha value is -2.29. The van der Waals surface area contributed by atoms with Gasteiger partial charge in [-0.2, -0.15) is 0 Å². The highest BCUT2D eigenvalue weighted by Gasteiger charge is 2.20. The number of methoxy groups -OCH3 is 2. The van der Waals surface area contributed by atoms with Crippen molar-refractivity contribution in [1.29, 1.82) is 0 Å². The summed E-state index contributed by atoms with van der Waals surface area (Å²) in [5.74, 6) is 2.67. The van der Waals surface area contributed by atoms with Crippen LogP contribution >= 0.6 is 23.1 Å². The van der Waals surface area contributed by atoms with Crippen LogP contribution in [0.2, 0.25) is 0 Å². The molecule has 8 heteroatoms. The number of ether oxygens (including phenoxy) is 2. The van der Waals surface area contributed by atoms with E-state index in [0.717, 1.165) is 58.7 Å². The van der Waals surface area contributed by atoms with Crippen LogP contribution in [0.1, 0.15) is 26.7 Å². The van der Waals surface area contributed by atoms with Crippen LogP contribution in [0.25, 0.3) is 10.2 Å². The third-order valence-corrected chi connectivity index (χ3v) is 7.65. The average molecular weight is 488 g/mol. The van der Waals surface area contributed by atoms with Crippen molar-refractivity contribution in [2.45, 2.75) is 31.6 Å². The molecule has 0 atom stereocenters. The Morgan fingerprint density at radius 2 is 1.70 bits per heavy atom. The molecule has 3 aromatic rings. The lowest BCUT2D eigenvalue weighted by atomic mass is 10.3. The lowest BCUT2D eigenvalue weighted by Crippen LogP contribution is -2.38. The summed E-state index contributed by atoms with van der Waals surface area (Å²) in [5, 5.41) is 0.762. The van der Waals surface area contributed by atoms with Crippen molar-refractivity contribution >= 4 is 44.4 Å². The van der Waals surface area contributed by atoms with E-state index in [1.807, 2.05) is 35.2 Å². The zero-order chi connectivity index (χ0) is 23.6. The summed E-state index contributed by atoms with van der Waals surface area (Å²) in [7, 11) is 3.33. The molecule has 0 aliphatic rings. The predicted molar refractivity (Wildman–Crippen MR) is 139 cm³/mol. The number of rotatable bonds is 13. The summed E-state index contributed by atoms with van der Waals surface area (Å²) in [5.41, 5.74) is 0.895. The van der Waals surface area contributed by atoms with E-state index in [1.165, 1.54) is 4.90 Å². The van der Waals surface area contributed by atoms with Crippen LogP contribution in [0.3, 0.4) is 0 Å². The van der Waals surface area contributed by atoms with Gasteiger partial charge in [0.1, 0.15) is 11.5 Å². The van der Waals surface area contributed by atoms with Crippen molar-refractivity contribution in [3.8, 4) is 11.5 Å². The molecule has 178 valence electrons. The molecule has 1 aromatic heterocycles. The molecular weight excluding hydrogens is 454 g/mol. The second-order valence-corrected chi connectivity index (χ2v) is 9.71. The molecule has 6 nitrogen and oxygen atoms in total. The molecule has 1 heterocycles. The molecule has 0 saturated heterocycles. The van der Waals surface area contributed by atoms with E-state index in [1.54, 1.807) is 37.3 Å². The number of carbonyl (C=O) groups excluding carboxylic acids is 1. The second-order valence-electron chi connectivity index (χ2n) is 7.53. The molecule has 3 rings (SSSR count). The number of thioether (sulfide) groups is 1. The number of amides is 1. The van der Waals surface area contributed by atoms with E-state index in [-0.39, 0.29) is 5.91 Å². The quantitative estimate of drug-likeness (QED) is 0.232. The van der Waals surface area contributed by atoms with Gasteiger partial charge in [0.25, 0.3) is 0 Å². The number of benzene rings is 2. The Bertz CT molecular complexity index is 1020. The van der Waals surface area contributed by atoms with Gasteiger partial charge in [0.2, 0.25) is 5.91 Å². The van der Waals surface area contributed by atoms with Crippen LogP contribution in [0.5, 0.6) is 11.5 Å². The van der Waals surface area contributed by atoms with Crippen molar-refractivity contribution in [2.24, 2.45) is 0 Å². The van der Waals surface area contributed by atoms with Crippen molar-refractivity contribution in [1.82, 2.24) is 9.88 Å². The Balaban J connectivity index is 1.65. The summed E-state index contributed by atoms with van der Waals surface area (Å²) >= 11 is 3.31. The Labute approximate surface area is 204 Å². The summed E-state index contributed by atoms with van der Waals surface area (Å²) in [6, 6.07) is 13.9. The van der Waals surface area contributed by atoms with Gasteiger partial charge in [-0.05, 0) is 67.7 Å². The SMILES string of the molecule is CCN(CC)CCN(C(=O)CCCSc1ccc(OC)cc1)c1nc2ccc(OC)cc2s1. The minimum absolute atomic E-state index is 0.128. The zero-order valence-electron chi connectivity index (χ0n) is 19.9.